The highest BCUT2D eigenvalue weighted by Gasteiger charge is 2.32. The summed E-state index contributed by atoms with van der Waals surface area (Å²) in [4.78, 5) is 16.0. The van der Waals surface area contributed by atoms with Crippen molar-refractivity contribution in [1.29, 1.82) is 0 Å². The Hall–Kier alpha value is -3.56. The number of hydrogen-bond donors (Lipinski definition) is 1. The lowest BCUT2D eigenvalue weighted by Crippen LogP contribution is -2.41. The van der Waals surface area contributed by atoms with Gasteiger partial charge in [-0.3, -0.25) is 9.48 Å². The monoisotopic (exact) mass is 539 g/mol. The fourth-order valence-electron chi connectivity index (χ4n) is 6.33. The van der Waals surface area contributed by atoms with Crippen LogP contribution in [0.25, 0.3) is 0 Å². The first-order valence-corrected chi connectivity index (χ1v) is 14.7. The minimum atomic E-state index is -0.278. The lowest BCUT2D eigenvalue weighted by atomic mass is 9.78. The maximum Gasteiger partial charge on any atom is 0.230 e. The Morgan fingerprint density at radius 3 is 2.48 bits per heavy atom. The van der Waals surface area contributed by atoms with Gasteiger partial charge < -0.3 is 14.7 Å². The number of nitrogens with zero attached hydrogens (tertiary/aromatic N) is 3. The van der Waals surface area contributed by atoms with Crippen LogP contribution < -0.4 is 9.64 Å². The molecule has 2 aliphatic carbocycles. The number of amides is 1. The first kappa shape index (κ1) is 28.0. The fourth-order valence-corrected chi connectivity index (χ4v) is 6.33. The Labute approximate surface area is 238 Å². The number of carbonyl (C=O) groups is 1. The van der Waals surface area contributed by atoms with Crippen molar-refractivity contribution in [2.24, 2.45) is 18.9 Å². The molecule has 0 atom stereocenters. The number of carbonyl (C=O) groups excluding carboxylic acids is 1. The van der Waals surface area contributed by atoms with Crippen LogP contribution in [0.4, 0.5) is 5.69 Å². The fraction of sp³-hybridized carbons (Fsp3) is 0.471. The molecule has 0 radical (unpaired) electrons. The third-order valence-electron chi connectivity index (χ3n) is 8.70. The van der Waals surface area contributed by atoms with Gasteiger partial charge >= 0.3 is 0 Å². The van der Waals surface area contributed by atoms with E-state index in [1.54, 1.807) is 11.8 Å². The van der Waals surface area contributed by atoms with Crippen molar-refractivity contribution in [3.05, 3.63) is 77.1 Å². The molecule has 0 unspecified atom stereocenters. The second-order valence-corrected chi connectivity index (χ2v) is 11.6. The van der Waals surface area contributed by atoms with Gasteiger partial charge in [-0.25, -0.2) is 0 Å². The van der Waals surface area contributed by atoms with Crippen LogP contribution in [0, 0.1) is 30.6 Å². The third-order valence-corrected chi connectivity index (χ3v) is 8.70. The van der Waals surface area contributed by atoms with Gasteiger partial charge in [-0.15, -0.1) is 0 Å². The van der Waals surface area contributed by atoms with Gasteiger partial charge in [-0.1, -0.05) is 24.1 Å². The lowest BCUT2D eigenvalue weighted by molar-refractivity contribution is -0.124. The first-order valence-electron chi connectivity index (χ1n) is 14.7. The Bertz CT molecular complexity index is 1370. The van der Waals surface area contributed by atoms with Crippen molar-refractivity contribution in [2.45, 2.75) is 70.3 Å². The molecule has 1 N–H and O–H groups in total. The predicted octanol–water partition coefficient (Wildman–Crippen LogP) is 6.00. The first-order chi connectivity index (χ1) is 19.4. The molecule has 1 aromatic heterocycles. The largest absolute Gasteiger partial charge is 0.496 e. The number of benzene rings is 2. The van der Waals surface area contributed by atoms with Crippen LogP contribution in [-0.4, -0.2) is 40.6 Å². The van der Waals surface area contributed by atoms with Gasteiger partial charge in [0.05, 0.1) is 13.2 Å². The van der Waals surface area contributed by atoms with Crippen LogP contribution in [0.3, 0.4) is 0 Å². The lowest BCUT2D eigenvalue weighted by Gasteiger charge is -2.36. The highest BCUT2D eigenvalue weighted by atomic mass is 16.5. The van der Waals surface area contributed by atoms with Crippen molar-refractivity contribution in [1.82, 2.24) is 9.78 Å². The minimum absolute atomic E-state index is 0.0368. The zero-order valence-corrected chi connectivity index (χ0v) is 24.0. The van der Waals surface area contributed by atoms with E-state index in [1.165, 1.54) is 11.1 Å². The molecule has 2 fully saturated rings. The van der Waals surface area contributed by atoms with E-state index in [0.29, 0.717) is 24.7 Å². The van der Waals surface area contributed by atoms with Gasteiger partial charge in [0, 0.05) is 37.0 Å². The van der Waals surface area contributed by atoms with Crippen LogP contribution in [0.1, 0.15) is 79.7 Å². The Balaban J connectivity index is 1.32. The second-order valence-electron chi connectivity index (χ2n) is 11.6. The number of anilines is 1. The molecule has 5 rings (SSSR count). The Morgan fingerprint density at radius 2 is 1.80 bits per heavy atom. The highest BCUT2D eigenvalue weighted by molar-refractivity contribution is 5.95. The normalized spacial score (nSPS) is 22.7. The highest BCUT2D eigenvalue weighted by Crippen LogP contribution is 2.38. The number of methoxy groups -OCH3 is 1. The number of hydrogen-bond acceptors (Lipinski definition) is 4. The summed E-state index contributed by atoms with van der Waals surface area (Å²) in [5.41, 5.74) is 5.09. The molecule has 2 aliphatic rings. The van der Waals surface area contributed by atoms with E-state index >= 15 is 0 Å². The molecule has 40 heavy (non-hydrogen) atoms. The van der Waals surface area contributed by atoms with E-state index in [9.17, 15) is 9.90 Å². The van der Waals surface area contributed by atoms with Crippen LogP contribution >= 0.6 is 0 Å². The van der Waals surface area contributed by atoms with Crippen LogP contribution in [0.2, 0.25) is 0 Å². The molecule has 3 aromatic rings. The summed E-state index contributed by atoms with van der Waals surface area (Å²) in [6.45, 7) is 2.83. The van der Waals surface area contributed by atoms with Gasteiger partial charge in [0.15, 0.2) is 0 Å². The molecule has 2 aromatic carbocycles. The maximum absolute atomic E-state index is 13.9. The quantitative estimate of drug-likeness (QED) is 0.391. The molecule has 0 aliphatic heterocycles. The average Bonchev–Trinajstić information content (AvgIpc) is 3.40. The summed E-state index contributed by atoms with van der Waals surface area (Å²) in [5, 5.41) is 14.4. The van der Waals surface area contributed by atoms with Crippen molar-refractivity contribution < 1.29 is 14.6 Å². The predicted molar refractivity (Wildman–Crippen MR) is 158 cm³/mol. The van der Waals surface area contributed by atoms with Gasteiger partial charge in [0.1, 0.15) is 11.4 Å². The topological polar surface area (TPSA) is 67.6 Å². The molecule has 0 saturated heterocycles. The SMILES string of the molecule is COc1ccc(C2CCC(CN(C(=O)C3CCC(O)CC3)c3cccc(C#Cc4ccn(C)n4)c3)CC2)cc1C. The Kier molecular flexibility index (Phi) is 8.91. The van der Waals surface area contributed by atoms with Gasteiger partial charge in [0.2, 0.25) is 5.91 Å². The molecule has 0 bridgehead atoms. The smallest absolute Gasteiger partial charge is 0.230 e. The molecule has 210 valence electrons. The summed E-state index contributed by atoms with van der Waals surface area (Å²) in [5.74, 6) is 8.46. The number of aromatic nitrogens is 2. The van der Waals surface area contributed by atoms with Crippen LogP contribution in [0.5, 0.6) is 5.75 Å². The average molecular weight is 540 g/mol. The van der Waals surface area contributed by atoms with Crippen molar-refractivity contribution in [3.63, 3.8) is 0 Å². The summed E-state index contributed by atoms with van der Waals surface area (Å²) >= 11 is 0. The molecular weight excluding hydrogens is 498 g/mol. The third kappa shape index (κ3) is 6.77. The number of rotatable bonds is 6. The van der Waals surface area contributed by atoms with Crippen LogP contribution in [0.15, 0.2) is 54.7 Å². The zero-order chi connectivity index (χ0) is 28.1. The minimum Gasteiger partial charge on any atom is -0.496 e. The molecular formula is C34H41N3O3. The van der Waals surface area contributed by atoms with Crippen molar-refractivity contribution >= 4 is 11.6 Å². The van der Waals surface area contributed by atoms with E-state index in [0.717, 1.165) is 67.8 Å². The number of ether oxygens (including phenoxy) is 1. The molecule has 1 amide bonds. The molecule has 2 saturated carbocycles. The summed E-state index contributed by atoms with van der Waals surface area (Å²) in [6, 6.07) is 16.5. The van der Waals surface area contributed by atoms with E-state index < -0.39 is 0 Å². The van der Waals surface area contributed by atoms with Crippen molar-refractivity contribution in [2.75, 3.05) is 18.6 Å². The summed E-state index contributed by atoms with van der Waals surface area (Å²) in [6.07, 6.45) is 8.96. The molecule has 0 spiro atoms. The second kappa shape index (κ2) is 12.7. The van der Waals surface area contributed by atoms with Crippen molar-refractivity contribution in [3.8, 4) is 17.6 Å². The van der Waals surface area contributed by atoms with E-state index in [2.05, 4.69) is 42.1 Å². The Morgan fingerprint density at radius 1 is 1.02 bits per heavy atom. The summed E-state index contributed by atoms with van der Waals surface area (Å²) in [7, 11) is 3.60. The molecule has 6 heteroatoms. The van der Waals surface area contributed by atoms with Gasteiger partial charge in [0.25, 0.3) is 0 Å². The van der Waals surface area contributed by atoms with E-state index in [1.807, 2.05) is 48.5 Å². The zero-order valence-electron chi connectivity index (χ0n) is 24.0. The molecule has 6 nitrogen and oxygen atoms in total. The number of aliphatic hydroxyl groups excluding tert-OH is 1. The maximum atomic E-state index is 13.9. The summed E-state index contributed by atoms with van der Waals surface area (Å²) < 4.78 is 7.19. The number of aryl methyl sites for hydroxylation is 2. The molecule has 1 heterocycles. The van der Waals surface area contributed by atoms with Crippen LogP contribution in [-0.2, 0) is 11.8 Å². The van der Waals surface area contributed by atoms with Gasteiger partial charge in [-0.2, -0.15) is 5.10 Å². The van der Waals surface area contributed by atoms with Gasteiger partial charge in [-0.05, 0) is 118 Å². The van der Waals surface area contributed by atoms with E-state index in [4.69, 9.17) is 4.74 Å². The number of aliphatic hydroxyl groups is 1. The van der Waals surface area contributed by atoms with E-state index in [-0.39, 0.29) is 17.9 Å². The standard InChI is InChI=1S/C34H41N3O3/c1-24-21-29(14-18-33(24)40-3)27-10-7-26(8-11-27)23-37(34(39)28-12-16-32(38)17-13-28)31-6-4-5-25(22-31)9-15-30-19-20-36(2)35-30/h4-6,14,18-22,26-28,32,38H,7-8,10-13,16-17,23H2,1-3H3.